The van der Waals surface area contributed by atoms with Crippen LogP contribution in [-0.2, 0) is 19.9 Å². The highest BCUT2D eigenvalue weighted by Gasteiger charge is 2.45. The van der Waals surface area contributed by atoms with Gasteiger partial charge in [-0.25, -0.2) is 0 Å². The molecule has 0 aliphatic carbocycles. The number of primary amides is 1. The molecule has 1 aromatic carbocycles. The number of aromatic nitrogens is 1. The number of aliphatic hydroxyl groups excluding tert-OH is 1. The van der Waals surface area contributed by atoms with Crippen LogP contribution in [0, 0.1) is 12.8 Å². The Labute approximate surface area is 200 Å². The Hall–Kier alpha value is -2.72. The predicted octanol–water partition coefficient (Wildman–Crippen LogP) is 1.96. The second kappa shape index (κ2) is 9.64. The first-order valence-corrected chi connectivity index (χ1v) is 11.5. The molecule has 3 rings (SSSR count). The van der Waals surface area contributed by atoms with Gasteiger partial charge >= 0.3 is 0 Å². The lowest BCUT2D eigenvalue weighted by Crippen LogP contribution is -2.57. The summed E-state index contributed by atoms with van der Waals surface area (Å²) in [5.74, 6) is -2.05. The van der Waals surface area contributed by atoms with Crippen molar-refractivity contribution in [3.8, 4) is 0 Å². The van der Waals surface area contributed by atoms with Crippen LogP contribution in [0.15, 0.2) is 39.3 Å². The van der Waals surface area contributed by atoms with Crippen molar-refractivity contribution in [2.75, 3.05) is 6.54 Å². The standard InChI is InChI=1S/C23H29BrN4O5/c1-12(2)19(18-9-13(3)27-33-18)21(31)28-11-16(29)10-17(28)20(30)26-23(4,22(25)32)14-5-7-15(24)8-6-14/h5-9,12,16-17,19,29H,10-11H2,1-4H3,(H2,25,32)(H,26,30). The summed E-state index contributed by atoms with van der Waals surface area (Å²) in [6, 6.07) is 7.58. The lowest BCUT2D eigenvalue weighted by molar-refractivity contribution is -0.142. The molecule has 4 N–H and O–H groups in total. The van der Waals surface area contributed by atoms with Crippen LogP contribution in [0.2, 0.25) is 0 Å². The van der Waals surface area contributed by atoms with E-state index in [0.717, 1.165) is 4.47 Å². The van der Waals surface area contributed by atoms with E-state index in [9.17, 15) is 19.5 Å². The van der Waals surface area contributed by atoms with Crippen LogP contribution >= 0.6 is 15.9 Å². The summed E-state index contributed by atoms with van der Waals surface area (Å²) in [4.78, 5) is 40.6. The molecule has 1 aliphatic heterocycles. The maximum absolute atomic E-state index is 13.5. The SMILES string of the molecule is Cc1cc(C(C(=O)N2CC(O)CC2C(=O)NC(C)(C(N)=O)c2ccc(Br)cc2)C(C)C)on1. The van der Waals surface area contributed by atoms with Crippen LogP contribution in [0.5, 0.6) is 0 Å². The molecule has 1 aromatic heterocycles. The number of rotatable bonds is 7. The van der Waals surface area contributed by atoms with E-state index in [0.29, 0.717) is 17.0 Å². The quantitative estimate of drug-likeness (QED) is 0.509. The van der Waals surface area contributed by atoms with Crippen molar-refractivity contribution in [2.45, 2.75) is 57.7 Å². The largest absolute Gasteiger partial charge is 0.391 e. The minimum Gasteiger partial charge on any atom is -0.391 e. The average Bonchev–Trinajstić information content (AvgIpc) is 3.33. The normalized spacial score (nSPS) is 21.0. The Bertz CT molecular complexity index is 1040. The second-order valence-electron chi connectivity index (χ2n) is 8.97. The molecule has 0 radical (unpaired) electrons. The van der Waals surface area contributed by atoms with Crippen molar-refractivity contribution in [2.24, 2.45) is 11.7 Å². The van der Waals surface area contributed by atoms with Crippen LogP contribution in [0.25, 0.3) is 0 Å². The fourth-order valence-corrected chi connectivity index (χ4v) is 4.40. The van der Waals surface area contributed by atoms with E-state index in [1.54, 1.807) is 37.3 Å². The number of carbonyl (C=O) groups is 3. The van der Waals surface area contributed by atoms with Crippen LogP contribution in [0.1, 0.15) is 50.1 Å². The fraction of sp³-hybridized carbons (Fsp3) is 0.478. The minimum absolute atomic E-state index is 0.00116. The third-order valence-corrected chi connectivity index (χ3v) is 6.57. The van der Waals surface area contributed by atoms with Gasteiger partial charge in [0, 0.05) is 23.5 Å². The van der Waals surface area contributed by atoms with Gasteiger partial charge in [-0.2, -0.15) is 0 Å². The zero-order valence-electron chi connectivity index (χ0n) is 19.0. The fourth-order valence-electron chi connectivity index (χ4n) is 4.14. The number of carbonyl (C=O) groups excluding carboxylic acids is 3. The Morgan fingerprint density at radius 2 is 1.94 bits per heavy atom. The average molecular weight is 521 g/mol. The summed E-state index contributed by atoms with van der Waals surface area (Å²) in [7, 11) is 0. The summed E-state index contributed by atoms with van der Waals surface area (Å²) in [5, 5.41) is 16.9. The highest BCUT2D eigenvalue weighted by atomic mass is 79.9. The number of nitrogens with one attached hydrogen (secondary N) is 1. The van der Waals surface area contributed by atoms with E-state index in [4.69, 9.17) is 10.3 Å². The molecule has 10 heteroatoms. The third kappa shape index (κ3) is 5.11. The zero-order valence-corrected chi connectivity index (χ0v) is 20.6. The maximum Gasteiger partial charge on any atom is 0.247 e. The first-order valence-electron chi connectivity index (χ1n) is 10.7. The topological polar surface area (TPSA) is 139 Å². The Kier molecular flexibility index (Phi) is 7.28. The first kappa shape index (κ1) is 24.9. The van der Waals surface area contributed by atoms with Gasteiger partial charge in [-0.05, 0) is 37.5 Å². The minimum atomic E-state index is -1.50. The number of aryl methyl sites for hydroxylation is 1. The third-order valence-electron chi connectivity index (χ3n) is 6.04. The molecule has 9 nitrogen and oxygen atoms in total. The summed E-state index contributed by atoms with van der Waals surface area (Å²) in [6.07, 6.45) is -0.825. The van der Waals surface area contributed by atoms with Gasteiger partial charge in [0.1, 0.15) is 23.3 Å². The maximum atomic E-state index is 13.5. The number of nitrogens with two attached hydrogens (primary N) is 1. The van der Waals surface area contributed by atoms with E-state index in [-0.39, 0.29) is 24.8 Å². The predicted molar refractivity (Wildman–Crippen MR) is 124 cm³/mol. The van der Waals surface area contributed by atoms with E-state index >= 15 is 0 Å². The Morgan fingerprint density at radius 1 is 1.30 bits per heavy atom. The number of aliphatic hydroxyl groups is 1. The second-order valence-corrected chi connectivity index (χ2v) is 9.89. The van der Waals surface area contributed by atoms with Crippen LogP contribution < -0.4 is 11.1 Å². The number of benzene rings is 1. The molecule has 2 aromatic rings. The van der Waals surface area contributed by atoms with Gasteiger partial charge in [-0.15, -0.1) is 0 Å². The van der Waals surface area contributed by atoms with Crippen molar-refractivity contribution >= 4 is 33.7 Å². The van der Waals surface area contributed by atoms with Crippen LogP contribution in [0.3, 0.4) is 0 Å². The smallest absolute Gasteiger partial charge is 0.247 e. The molecular weight excluding hydrogens is 492 g/mol. The van der Waals surface area contributed by atoms with Crippen molar-refractivity contribution < 1.29 is 24.0 Å². The summed E-state index contributed by atoms with van der Waals surface area (Å²) in [5.41, 5.74) is 5.31. The van der Waals surface area contributed by atoms with Crippen molar-refractivity contribution in [1.82, 2.24) is 15.4 Å². The molecule has 178 valence electrons. The first-order chi connectivity index (χ1) is 15.4. The molecule has 3 amide bonds. The van der Waals surface area contributed by atoms with Gasteiger partial charge in [0.2, 0.25) is 17.7 Å². The lowest BCUT2D eigenvalue weighted by atomic mass is 9.90. The van der Waals surface area contributed by atoms with Gasteiger partial charge in [0.25, 0.3) is 0 Å². The molecule has 1 saturated heterocycles. The highest BCUT2D eigenvalue weighted by Crippen LogP contribution is 2.32. The molecule has 0 spiro atoms. The number of nitrogens with zero attached hydrogens (tertiary/aromatic N) is 2. The summed E-state index contributed by atoms with van der Waals surface area (Å²) < 4.78 is 6.15. The summed E-state index contributed by atoms with van der Waals surface area (Å²) >= 11 is 3.34. The van der Waals surface area contributed by atoms with E-state index in [1.165, 1.54) is 11.8 Å². The number of hydrogen-bond donors (Lipinski definition) is 3. The Balaban J connectivity index is 1.88. The molecule has 0 saturated carbocycles. The molecule has 4 atom stereocenters. The van der Waals surface area contributed by atoms with Gasteiger partial charge in [0.15, 0.2) is 0 Å². The number of likely N-dealkylation sites (tertiary alicyclic amines) is 1. The van der Waals surface area contributed by atoms with E-state index in [1.807, 2.05) is 13.8 Å². The number of hydrogen-bond acceptors (Lipinski definition) is 6. The molecular formula is C23H29BrN4O5. The van der Waals surface area contributed by atoms with Gasteiger partial charge < -0.3 is 25.6 Å². The molecule has 2 heterocycles. The lowest BCUT2D eigenvalue weighted by Gasteiger charge is -2.33. The zero-order chi connectivity index (χ0) is 24.5. The van der Waals surface area contributed by atoms with Crippen molar-refractivity contribution in [3.63, 3.8) is 0 Å². The van der Waals surface area contributed by atoms with Gasteiger partial charge in [0.05, 0.1) is 11.8 Å². The van der Waals surface area contributed by atoms with Gasteiger partial charge in [-0.1, -0.05) is 47.1 Å². The van der Waals surface area contributed by atoms with Gasteiger partial charge in [-0.3, -0.25) is 14.4 Å². The van der Waals surface area contributed by atoms with Crippen LogP contribution in [-0.4, -0.2) is 51.6 Å². The van der Waals surface area contributed by atoms with E-state index < -0.39 is 35.4 Å². The Morgan fingerprint density at radius 3 is 2.45 bits per heavy atom. The number of β-amino-alcohol motifs (C(OH)–C–C–N with tert-alkyl or cyclic N) is 1. The van der Waals surface area contributed by atoms with Crippen molar-refractivity contribution in [1.29, 1.82) is 0 Å². The molecule has 4 unspecified atom stereocenters. The summed E-state index contributed by atoms with van der Waals surface area (Å²) in [6.45, 7) is 7.03. The van der Waals surface area contributed by atoms with E-state index in [2.05, 4.69) is 26.4 Å². The molecule has 0 bridgehead atoms. The monoisotopic (exact) mass is 520 g/mol. The van der Waals surface area contributed by atoms with Crippen LogP contribution in [0.4, 0.5) is 0 Å². The molecule has 1 fully saturated rings. The molecule has 33 heavy (non-hydrogen) atoms. The highest BCUT2D eigenvalue weighted by molar-refractivity contribution is 9.10. The van der Waals surface area contributed by atoms with Crippen molar-refractivity contribution in [3.05, 3.63) is 51.8 Å². The number of amides is 3. The molecule has 1 aliphatic rings. The number of halogens is 1.